The summed E-state index contributed by atoms with van der Waals surface area (Å²) in [5.41, 5.74) is -0.449. The van der Waals surface area contributed by atoms with E-state index in [1.807, 2.05) is 20.8 Å². The van der Waals surface area contributed by atoms with Crippen molar-refractivity contribution in [1.29, 1.82) is 0 Å². The minimum atomic E-state index is -0.449. The molecule has 0 unspecified atom stereocenters. The Morgan fingerprint density at radius 2 is 2.00 bits per heavy atom. The molecule has 1 rings (SSSR count). The molecule has 1 fully saturated rings. The molecule has 0 atom stereocenters. The van der Waals surface area contributed by atoms with Gasteiger partial charge >= 0.3 is 6.09 Å². The van der Waals surface area contributed by atoms with Crippen LogP contribution in [-0.4, -0.2) is 42.3 Å². The first kappa shape index (κ1) is 13.7. The van der Waals surface area contributed by atoms with Gasteiger partial charge in [0.05, 0.1) is 6.54 Å². The van der Waals surface area contributed by atoms with E-state index in [0.29, 0.717) is 25.6 Å². The van der Waals surface area contributed by atoms with Crippen LogP contribution in [0.4, 0.5) is 4.79 Å². The zero-order valence-corrected chi connectivity index (χ0v) is 10.7. The lowest BCUT2D eigenvalue weighted by Gasteiger charge is -2.32. The first-order valence-corrected chi connectivity index (χ1v) is 5.94. The highest BCUT2D eigenvalue weighted by Crippen LogP contribution is 2.19. The van der Waals surface area contributed by atoms with Crippen molar-refractivity contribution in [3.63, 3.8) is 0 Å². The second-order valence-corrected chi connectivity index (χ2v) is 5.34. The van der Waals surface area contributed by atoms with Crippen LogP contribution in [0.1, 0.15) is 33.6 Å². The van der Waals surface area contributed by atoms with Crippen LogP contribution < -0.4 is 0 Å². The number of ether oxygens (including phenoxy) is 1. The summed E-state index contributed by atoms with van der Waals surface area (Å²) in [7, 11) is 0. The molecule has 0 saturated carbocycles. The maximum atomic E-state index is 11.8. The Morgan fingerprint density at radius 1 is 1.41 bits per heavy atom. The predicted octanol–water partition coefficient (Wildman–Crippen LogP) is 1.97. The number of piperidine rings is 1. The molecular weight excluding hydrogens is 220 g/mol. The molecule has 0 radical (unpaired) electrons. The van der Waals surface area contributed by atoms with Gasteiger partial charge < -0.3 is 9.64 Å². The third-order valence-corrected chi connectivity index (χ3v) is 2.68. The van der Waals surface area contributed by atoms with Crippen molar-refractivity contribution in [2.45, 2.75) is 39.2 Å². The molecule has 96 valence electrons. The quantitative estimate of drug-likeness (QED) is 0.547. The maximum absolute atomic E-state index is 11.8. The van der Waals surface area contributed by atoms with Crippen LogP contribution in [0.5, 0.6) is 0 Å². The Morgan fingerprint density at radius 3 is 2.47 bits per heavy atom. The van der Waals surface area contributed by atoms with Crippen LogP contribution in [0.15, 0.2) is 4.99 Å². The minimum Gasteiger partial charge on any atom is -0.444 e. The highest BCUT2D eigenvalue weighted by molar-refractivity contribution is 5.68. The van der Waals surface area contributed by atoms with Crippen molar-refractivity contribution in [3.05, 3.63) is 0 Å². The van der Waals surface area contributed by atoms with Gasteiger partial charge in [-0.25, -0.2) is 14.6 Å². The smallest absolute Gasteiger partial charge is 0.410 e. The van der Waals surface area contributed by atoms with E-state index < -0.39 is 5.60 Å². The Hall–Kier alpha value is -1.35. The van der Waals surface area contributed by atoms with Crippen molar-refractivity contribution in [1.82, 2.24) is 4.90 Å². The van der Waals surface area contributed by atoms with Gasteiger partial charge in [-0.1, -0.05) is 0 Å². The molecule has 1 aliphatic rings. The van der Waals surface area contributed by atoms with Gasteiger partial charge in [-0.15, -0.1) is 0 Å². The lowest BCUT2D eigenvalue weighted by molar-refractivity contribution is 0.0187. The zero-order chi connectivity index (χ0) is 12.9. The van der Waals surface area contributed by atoms with Crippen molar-refractivity contribution >= 4 is 12.2 Å². The fourth-order valence-corrected chi connectivity index (χ4v) is 1.79. The van der Waals surface area contributed by atoms with E-state index >= 15 is 0 Å². The second-order valence-electron chi connectivity index (χ2n) is 5.34. The molecule has 1 aliphatic heterocycles. The average molecular weight is 240 g/mol. The van der Waals surface area contributed by atoms with Crippen molar-refractivity contribution in [2.24, 2.45) is 10.9 Å². The molecule has 1 amide bonds. The Balaban J connectivity index is 2.36. The molecule has 5 heteroatoms. The summed E-state index contributed by atoms with van der Waals surface area (Å²) in [4.78, 5) is 27.1. The molecule has 1 saturated heterocycles. The van der Waals surface area contributed by atoms with E-state index in [-0.39, 0.29) is 6.09 Å². The van der Waals surface area contributed by atoms with Gasteiger partial charge in [0.1, 0.15) is 5.60 Å². The maximum Gasteiger partial charge on any atom is 0.410 e. The number of likely N-dealkylation sites (tertiary alicyclic amines) is 1. The van der Waals surface area contributed by atoms with Crippen molar-refractivity contribution < 1.29 is 14.3 Å². The largest absolute Gasteiger partial charge is 0.444 e. The standard InChI is InChI=1S/C12H20N2O3/c1-12(2,3)17-11(16)14-6-4-10(5-7-14)8-13-9-15/h10H,4-8H2,1-3H3. The Kier molecular flexibility index (Phi) is 4.70. The number of carbonyl (C=O) groups is 1. The number of nitrogens with zero attached hydrogens (tertiary/aromatic N) is 2. The number of isocyanates is 1. The van der Waals surface area contributed by atoms with Crippen LogP contribution in [0.2, 0.25) is 0 Å². The van der Waals surface area contributed by atoms with E-state index in [1.165, 1.54) is 0 Å². The van der Waals surface area contributed by atoms with Crippen LogP contribution >= 0.6 is 0 Å². The predicted molar refractivity (Wildman–Crippen MR) is 63.5 cm³/mol. The Labute approximate surface area is 102 Å². The SMILES string of the molecule is CC(C)(C)OC(=O)N1CCC(CN=C=O)CC1. The first-order valence-electron chi connectivity index (χ1n) is 5.94. The summed E-state index contributed by atoms with van der Waals surface area (Å²) in [5.74, 6) is 0.384. The number of rotatable bonds is 2. The van der Waals surface area contributed by atoms with Crippen LogP contribution in [-0.2, 0) is 9.53 Å². The summed E-state index contributed by atoms with van der Waals surface area (Å²) in [6.45, 7) is 7.44. The van der Waals surface area contributed by atoms with Crippen LogP contribution in [0, 0.1) is 5.92 Å². The van der Waals surface area contributed by atoms with Crippen LogP contribution in [0.3, 0.4) is 0 Å². The molecule has 0 aromatic rings. The topological polar surface area (TPSA) is 59.0 Å². The van der Waals surface area contributed by atoms with E-state index in [0.717, 1.165) is 12.8 Å². The lowest BCUT2D eigenvalue weighted by Crippen LogP contribution is -2.42. The number of carbonyl (C=O) groups excluding carboxylic acids is 2. The second kappa shape index (κ2) is 5.82. The summed E-state index contributed by atoms with van der Waals surface area (Å²) in [6.07, 6.45) is 3.03. The molecule has 0 aromatic carbocycles. The zero-order valence-electron chi connectivity index (χ0n) is 10.7. The highest BCUT2D eigenvalue weighted by atomic mass is 16.6. The summed E-state index contributed by atoms with van der Waals surface area (Å²) in [5, 5.41) is 0. The van der Waals surface area contributed by atoms with E-state index in [2.05, 4.69) is 4.99 Å². The van der Waals surface area contributed by atoms with Gasteiger partial charge in [0.2, 0.25) is 6.08 Å². The van der Waals surface area contributed by atoms with E-state index in [4.69, 9.17) is 4.74 Å². The summed E-state index contributed by atoms with van der Waals surface area (Å²) in [6, 6.07) is 0. The van der Waals surface area contributed by atoms with E-state index in [1.54, 1.807) is 11.0 Å². The average Bonchev–Trinajstić information content (AvgIpc) is 2.24. The molecule has 1 heterocycles. The van der Waals surface area contributed by atoms with Gasteiger partial charge in [0, 0.05) is 13.1 Å². The number of hydrogen-bond acceptors (Lipinski definition) is 4. The third kappa shape index (κ3) is 5.00. The van der Waals surface area contributed by atoms with Crippen molar-refractivity contribution in [2.75, 3.05) is 19.6 Å². The van der Waals surface area contributed by atoms with Gasteiger partial charge in [0.25, 0.3) is 0 Å². The number of amides is 1. The summed E-state index contributed by atoms with van der Waals surface area (Å²) < 4.78 is 5.29. The third-order valence-electron chi connectivity index (χ3n) is 2.68. The fourth-order valence-electron chi connectivity index (χ4n) is 1.79. The van der Waals surface area contributed by atoms with E-state index in [9.17, 15) is 9.59 Å². The first-order chi connectivity index (χ1) is 7.92. The van der Waals surface area contributed by atoms with Crippen molar-refractivity contribution in [3.8, 4) is 0 Å². The number of hydrogen-bond donors (Lipinski definition) is 0. The summed E-state index contributed by atoms with van der Waals surface area (Å²) >= 11 is 0. The molecule has 0 spiro atoms. The molecule has 5 nitrogen and oxygen atoms in total. The number of aliphatic imine (C=N–C) groups is 1. The lowest BCUT2D eigenvalue weighted by atomic mass is 9.97. The molecule has 0 aromatic heterocycles. The molecule has 0 N–H and O–H groups in total. The fraction of sp³-hybridized carbons (Fsp3) is 0.833. The van der Waals surface area contributed by atoms with Gasteiger partial charge in [-0.05, 0) is 39.5 Å². The Bertz CT molecular complexity index is 308. The monoisotopic (exact) mass is 240 g/mol. The highest BCUT2D eigenvalue weighted by Gasteiger charge is 2.26. The van der Waals surface area contributed by atoms with Gasteiger partial charge in [0.15, 0.2) is 0 Å². The van der Waals surface area contributed by atoms with Crippen LogP contribution in [0.25, 0.3) is 0 Å². The molecular formula is C12H20N2O3. The van der Waals surface area contributed by atoms with Gasteiger partial charge in [-0.3, -0.25) is 0 Å². The normalized spacial score (nSPS) is 17.5. The molecule has 17 heavy (non-hydrogen) atoms. The molecule has 0 bridgehead atoms. The minimum absolute atomic E-state index is 0.255. The molecule has 0 aliphatic carbocycles. The van der Waals surface area contributed by atoms with Gasteiger partial charge in [-0.2, -0.15) is 0 Å².